The Kier molecular flexibility index (Phi) is 6.29. The van der Waals surface area contributed by atoms with E-state index >= 15 is 0 Å². The monoisotopic (exact) mass is 489 g/mol. The van der Waals surface area contributed by atoms with Gasteiger partial charge < -0.3 is 19.1 Å². The summed E-state index contributed by atoms with van der Waals surface area (Å²) in [6.07, 6.45) is -0.905. The number of rotatable bonds is 7. The summed E-state index contributed by atoms with van der Waals surface area (Å²) in [4.78, 5) is 11.6. The zero-order chi connectivity index (χ0) is 24.4. The van der Waals surface area contributed by atoms with E-state index in [0.717, 1.165) is 16.5 Å². The van der Waals surface area contributed by atoms with E-state index in [0.29, 0.717) is 46.6 Å². The van der Waals surface area contributed by atoms with Gasteiger partial charge in [-0.15, -0.1) is 0 Å². The van der Waals surface area contributed by atoms with Gasteiger partial charge in [-0.1, -0.05) is 66.2 Å². The molecule has 35 heavy (non-hydrogen) atoms. The molecule has 0 atom stereocenters. The molecule has 1 aromatic heterocycles. The summed E-state index contributed by atoms with van der Waals surface area (Å²) >= 11 is 6.43. The highest BCUT2D eigenvalue weighted by Crippen LogP contribution is 2.43. The predicted molar refractivity (Wildman–Crippen MR) is 135 cm³/mol. The first kappa shape index (κ1) is 22.7. The van der Waals surface area contributed by atoms with E-state index in [4.69, 9.17) is 21.1 Å². The van der Waals surface area contributed by atoms with Crippen molar-refractivity contribution in [3.63, 3.8) is 0 Å². The Balaban J connectivity index is 1.49. The minimum atomic E-state index is -1.46. The maximum atomic E-state index is 14.2. The Labute approximate surface area is 205 Å². The molecule has 1 heterocycles. The van der Waals surface area contributed by atoms with Crippen molar-refractivity contribution >= 4 is 39.4 Å². The van der Waals surface area contributed by atoms with Gasteiger partial charge >= 0.3 is 6.16 Å². The van der Waals surface area contributed by atoms with Crippen molar-refractivity contribution in [1.82, 2.24) is 4.57 Å². The highest BCUT2D eigenvalue weighted by atomic mass is 35.5. The second kappa shape index (κ2) is 9.68. The van der Waals surface area contributed by atoms with Crippen molar-refractivity contribution < 1.29 is 23.8 Å². The van der Waals surface area contributed by atoms with E-state index in [1.165, 1.54) is 12.1 Å². The summed E-state index contributed by atoms with van der Waals surface area (Å²) in [6, 6.07) is 25.2. The number of carbonyl (C=O) groups is 1. The molecule has 0 unspecified atom stereocenters. The number of hydrogen-bond donors (Lipinski definition) is 1. The van der Waals surface area contributed by atoms with Crippen LogP contribution in [0.15, 0.2) is 84.9 Å². The maximum Gasteiger partial charge on any atom is 0.512 e. The van der Waals surface area contributed by atoms with Gasteiger partial charge in [0.25, 0.3) is 0 Å². The average Bonchev–Trinajstić information content (AvgIpc) is 3.13. The summed E-state index contributed by atoms with van der Waals surface area (Å²) in [5.74, 6) is 0.432. The second-order valence-corrected chi connectivity index (χ2v) is 8.43. The van der Waals surface area contributed by atoms with Crippen LogP contribution < -0.4 is 9.47 Å². The van der Waals surface area contributed by atoms with Crippen molar-refractivity contribution in [3.8, 4) is 22.8 Å². The van der Waals surface area contributed by atoms with Crippen molar-refractivity contribution in [2.45, 2.75) is 13.0 Å². The predicted octanol–water partition coefficient (Wildman–Crippen LogP) is 7.78. The van der Waals surface area contributed by atoms with E-state index in [2.05, 4.69) is 0 Å². The molecule has 0 fully saturated rings. The molecule has 176 valence electrons. The van der Waals surface area contributed by atoms with Crippen LogP contribution in [0.4, 0.5) is 9.18 Å². The van der Waals surface area contributed by atoms with Crippen LogP contribution in [-0.2, 0) is 6.54 Å². The standard InChI is InChI=1S/C28H21ClFNO4/c29-23-11-4-3-10-21(23)26-22-17-19(30)13-14-24(22)31(27(26)35-28(32)33)15-6-16-34-25-12-5-8-18-7-1-2-9-20(18)25/h1-5,7-14,17H,6,15-16H2,(H,32,33). The summed E-state index contributed by atoms with van der Waals surface area (Å²) < 4.78 is 27.3. The zero-order valence-electron chi connectivity index (χ0n) is 18.6. The van der Waals surface area contributed by atoms with Crippen LogP contribution in [0, 0.1) is 5.82 Å². The van der Waals surface area contributed by atoms with E-state index in [-0.39, 0.29) is 5.88 Å². The van der Waals surface area contributed by atoms with Gasteiger partial charge in [-0.05, 0) is 42.1 Å². The fourth-order valence-electron chi connectivity index (χ4n) is 4.36. The Hall–Kier alpha value is -4.03. The fourth-order valence-corrected chi connectivity index (χ4v) is 4.60. The molecule has 5 aromatic rings. The molecular formula is C28H21ClFNO4. The molecule has 7 heteroatoms. The SMILES string of the molecule is O=C(O)Oc1c(-c2ccccc2Cl)c2cc(F)ccc2n1CCCOc1cccc2ccccc12. The minimum Gasteiger partial charge on any atom is -0.493 e. The zero-order valence-corrected chi connectivity index (χ0v) is 19.3. The molecular weight excluding hydrogens is 469 g/mol. The lowest BCUT2D eigenvalue weighted by Gasteiger charge is -2.13. The van der Waals surface area contributed by atoms with Gasteiger partial charge in [0, 0.05) is 27.9 Å². The molecule has 0 saturated carbocycles. The van der Waals surface area contributed by atoms with Crippen LogP contribution in [-0.4, -0.2) is 22.4 Å². The fraction of sp³-hybridized carbons (Fsp3) is 0.107. The molecule has 0 aliphatic heterocycles. The molecule has 0 aliphatic carbocycles. The first-order valence-corrected chi connectivity index (χ1v) is 11.5. The quantitative estimate of drug-likeness (QED) is 0.187. The second-order valence-electron chi connectivity index (χ2n) is 8.02. The largest absolute Gasteiger partial charge is 0.512 e. The lowest BCUT2D eigenvalue weighted by molar-refractivity contribution is 0.141. The number of fused-ring (bicyclic) bond motifs is 2. The number of carboxylic acid groups (broad SMARTS) is 1. The summed E-state index contributed by atoms with van der Waals surface area (Å²) in [6.45, 7) is 0.781. The summed E-state index contributed by atoms with van der Waals surface area (Å²) in [5.41, 5.74) is 1.64. The number of ether oxygens (including phenoxy) is 2. The third-order valence-corrected chi connectivity index (χ3v) is 6.17. The van der Waals surface area contributed by atoms with Gasteiger partial charge in [-0.25, -0.2) is 9.18 Å². The van der Waals surface area contributed by atoms with Gasteiger partial charge in [0.2, 0.25) is 5.88 Å². The Bertz CT molecular complexity index is 1540. The van der Waals surface area contributed by atoms with Gasteiger partial charge in [0.05, 0.1) is 17.7 Å². The van der Waals surface area contributed by atoms with Crippen molar-refractivity contribution in [1.29, 1.82) is 0 Å². The number of hydrogen-bond acceptors (Lipinski definition) is 3. The molecule has 1 N–H and O–H groups in total. The maximum absolute atomic E-state index is 14.2. The molecule has 0 radical (unpaired) electrons. The number of aryl methyl sites for hydroxylation is 1. The normalized spacial score (nSPS) is 11.1. The number of nitrogens with zero attached hydrogens (tertiary/aromatic N) is 1. The van der Waals surface area contributed by atoms with Crippen molar-refractivity contribution in [2.75, 3.05) is 6.61 Å². The molecule has 4 aromatic carbocycles. The Morgan fingerprint density at radius 3 is 2.54 bits per heavy atom. The van der Waals surface area contributed by atoms with E-state index < -0.39 is 12.0 Å². The van der Waals surface area contributed by atoms with Crippen LogP contribution >= 0.6 is 11.6 Å². The lowest BCUT2D eigenvalue weighted by atomic mass is 10.0. The van der Waals surface area contributed by atoms with Crippen LogP contribution in [0.5, 0.6) is 11.6 Å². The molecule has 0 bridgehead atoms. The third kappa shape index (κ3) is 4.53. The molecule has 5 nitrogen and oxygen atoms in total. The van der Waals surface area contributed by atoms with Crippen LogP contribution in [0.1, 0.15) is 6.42 Å². The Morgan fingerprint density at radius 1 is 0.943 bits per heavy atom. The highest BCUT2D eigenvalue weighted by Gasteiger charge is 2.24. The van der Waals surface area contributed by atoms with Crippen LogP contribution in [0.2, 0.25) is 5.02 Å². The summed E-state index contributed by atoms with van der Waals surface area (Å²) in [7, 11) is 0. The minimum absolute atomic E-state index is 0.0939. The topological polar surface area (TPSA) is 60.7 Å². The molecule has 0 amide bonds. The molecule has 0 saturated heterocycles. The number of aromatic nitrogens is 1. The van der Waals surface area contributed by atoms with E-state index in [9.17, 15) is 14.3 Å². The Morgan fingerprint density at radius 2 is 1.71 bits per heavy atom. The van der Waals surface area contributed by atoms with Gasteiger partial charge in [0.15, 0.2) is 0 Å². The van der Waals surface area contributed by atoms with Crippen molar-refractivity contribution in [3.05, 3.63) is 95.8 Å². The average molecular weight is 490 g/mol. The van der Waals surface area contributed by atoms with Crippen LogP contribution in [0.3, 0.4) is 0 Å². The van der Waals surface area contributed by atoms with Crippen molar-refractivity contribution in [2.24, 2.45) is 0 Å². The van der Waals surface area contributed by atoms with Gasteiger partial charge in [0.1, 0.15) is 11.6 Å². The molecule has 0 spiro atoms. The third-order valence-electron chi connectivity index (χ3n) is 5.84. The van der Waals surface area contributed by atoms with E-state index in [1.807, 2.05) is 42.5 Å². The highest BCUT2D eigenvalue weighted by molar-refractivity contribution is 6.34. The van der Waals surface area contributed by atoms with E-state index in [1.54, 1.807) is 34.9 Å². The van der Waals surface area contributed by atoms with Crippen LogP contribution in [0.25, 0.3) is 32.8 Å². The lowest BCUT2D eigenvalue weighted by Crippen LogP contribution is -2.11. The number of halogens is 2. The number of benzene rings is 4. The van der Waals surface area contributed by atoms with Gasteiger partial charge in [-0.3, -0.25) is 0 Å². The van der Waals surface area contributed by atoms with Gasteiger partial charge in [-0.2, -0.15) is 0 Å². The summed E-state index contributed by atoms with van der Waals surface area (Å²) in [5, 5.41) is 12.5. The first-order chi connectivity index (χ1) is 17.0. The molecule has 0 aliphatic rings. The molecule has 5 rings (SSSR count). The smallest absolute Gasteiger partial charge is 0.493 e. The first-order valence-electron chi connectivity index (χ1n) is 11.1.